The minimum absolute atomic E-state index is 0. The van der Waals surface area contributed by atoms with E-state index in [1.807, 2.05) is 18.2 Å². The van der Waals surface area contributed by atoms with E-state index in [4.69, 9.17) is 5.73 Å². The number of hydrogen-bond donors (Lipinski definition) is 3. The van der Waals surface area contributed by atoms with E-state index in [9.17, 15) is 4.79 Å². The van der Waals surface area contributed by atoms with Gasteiger partial charge in [0, 0.05) is 24.5 Å². The molecular weight excluding hydrogens is 300 g/mol. The molecule has 2 aromatic carbocycles. The van der Waals surface area contributed by atoms with Gasteiger partial charge in [0.15, 0.2) is 0 Å². The molecule has 0 radical (unpaired) electrons. The lowest BCUT2D eigenvalue weighted by Gasteiger charge is -2.19. The van der Waals surface area contributed by atoms with E-state index in [1.54, 1.807) is 0 Å². The monoisotopic (exact) mass is 316 g/mol. The number of H-pyrrole nitrogens is 2. The number of nitrogen functional groups attached to an aromatic ring is 1. The van der Waals surface area contributed by atoms with Crippen LogP contribution in [0.2, 0.25) is 0 Å². The highest BCUT2D eigenvalue weighted by molar-refractivity contribution is 5.85. The van der Waals surface area contributed by atoms with Gasteiger partial charge in [-0.15, -0.1) is 12.4 Å². The smallest absolute Gasteiger partial charge is 0.323 e. The third-order valence-electron chi connectivity index (χ3n) is 4.05. The molecule has 0 amide bonds. The molecule has 0 bridgehead atoms. The van der Waals surface area contributed by atoms with Crippen LogP contribution in [0, 0.1) is 0 Å². The maximum Gasteiger partial charge on any atom is 0.323 e. The molecule has 22 heavy (non-hydrogen) atoms. The van der Waals surface area contributed by atoms with Gasteiger partial charge in [-0.25, -0.2) is 4.79 Å². The minimum Gasteiger partial charge on any atom is -0.399 e. The van der Waals surface area contributed by atoms with E-state index in [0.29, 0.717) is 0 Å². The molecule has 0 fully saturated rings. The number of nitrogens with zero attached hydrogens (tertiary/aromatic N) is 1. The van der Waals surface area contributed by atoms with Crippen molar-refractivity contribution in [2.75, 3.05) is 17.2 Å². The van der Waals surface area contributed by atoms with Gasteiger partial charge in [-0.1, -0.05) is 6.07 Å². The van der Waals surface area contributed by atoms with Crippen LogP contribution >= 0.6 is 12.4 Å². The Balaban J connectivity index is 0.00000144. The molecule has 0 saturated carbocycles. The van der Waals surface area contributed by atoms with Gasteiger partial charge in [0.1, 0.15) is 0 Å². The Morgan fingerprint density at radius 2 is 1.91 bits per heavy atom. The van der Waals surface area contributed by atoms with Crippen molar-refractivity contribution in [2.45, 2.75) is 13.0 Å². The zero-order valence-electron chi connectivity index (χ0n) is 11.9. The highest BCUT2D eigenvalue weighted by Crippen LogP contribution is 2.31. The Bertz CT molecular complexity index is 883. The van der Waals surface area contributed by atoms with Crippen molar-refractivity contribution < 1.29 is 0 Å². The molecule has 5 nitrogen and oxygen atoms in total. The topological polar surface area (TPSA) is 77.9 Å². The fourth-order valence-corrected chi connectivity index (χ4v) is 3.05. The fourth-order valence-electron chi connectivity index (χ4n) is 3.05. The molecule has 3 aromatic rings. The highest BCUT2D eigenvalue weighted by atomic mass is 35.5. The molecule has 0 unspecified atom stereocenters. The predicted molar refractivity (Wildman–Crippen MR) is 91.8 cm³/mol. The van der Waals surface area contributed by atoms with Gasteiger partial charge in [-0.05, 0) is 47.9 Å². The van der Waals surface area contributed by atoms with Gasteiger partial charge in [0.05, 0.1) is 11.0 Å². The SMILES string of the molecule is Cl.Nc1ccc2c(c1)CCN2Cc1ccc2[nH]c(=O)[nH]c2c1. The molecule has 114 valence electrons. The van der Waals surface area contributed by atoms with Gasteiger partial charge in [-0.3, -0.25) is 0 Å². The number of imidazole rings is 1. The maximum atomic E-state index is 11.3. The summed E-state index contributed by atoms with van der Waals surface area (Å²) in [7, 11) is 0. The molecular formula is C16H17ClN4O. The fraction of sp³-hybridized carbons (Fsp3) is 0.188. The van der Waals surface area contributed by atoms with E-state index in [1.165, 1.54) is 16.8 Å². The van der Waals surface area contributed by atoms with Crippen LogP contribution in [0.25, 0.3) is 11.0 Å². The van der Waals surface area contributed by atoms with Gasteiger partial charge in [0.2, 0.25) is 0 Å². The molecule has 4 N–H and O–H groups in total. The van der Waals surface area contributed by atoms with E-state index >= 15 is 0 Å². The first-order valence-electron chi connectivity index (χ1n) is 7.03. The summed E-state index contributed by atoms with van der Waals surface area (Å²) >= 11 is 0. The normalized spacial score (nSPS) is 13.2. The first-order valence-corrected chi connectivity index (χ1v) is 7.03. The summed E-state index contributed by atoms with van der Waals surface area (Å²) < 4.78 is 0. The van der Waals surface area contributed by atoms with Crippen LogP contribution in [0.5, 0.6) is 0 Å². The quantitative estimate of drug-likeness (QED) is 0.635. The number of nitrogens with one attached hydrogen (secondary N) is 2. The summed E-state index contributed by atoms with van der Waals surface area (Å²) in [6, 6.07) is 12.1. The zero-order chi connectivity index (χ0) is 14.4. The van der Waals surface area contributed by atoms with Crippen LogP contribution in [0.1, 0.15) is 11.1 Å². The Labute approximate surface area is 133 Å². The van der Waals surface area contributed by atoms with Crippen LogP contribution in [0.3, 0.4) is 0 Å². The van der Waals surface area contributed by atoms with Crippen LogP contribution in [-0.4, -0.2) is 16.5 Å². The average molecular weight is 317 g/mol. The van der Waals surface area contributed by atoms with Crippen LogP contribution in [0.4, 0.5) is 11.4 Å². The van der Waals surface area contributed by atoms with E-state index in [-0.39, 0.29) is 18.1 Å². The number of rotatable bonds is 2. The molecule has 2 heterocycles. The van der Waals surface area contributed by atoms with E-state index in [2.05, 4.69) is 33.1 Å². The molecule has 1 aromatic heterocycles. The van der Waals surface area contributed by atoms with E-state index in [0.717, 1.165) is 36.2 Å². The van der Waals surface area contributed by atoms with Crippen molar-refractivity contribution in [3.8, 4) is 0 Å². The molecule has 0 spiro atoms. The van der Waals surface area contributed by atoms with Crippen molar-refractivity contribution in [3.63, 3.8) is 0 Å². The van der Waals surface area contributed by atoms with Crippen LogP contribution in [0.15, 0.2) is 41.2 Å². The zero-order valence-corrected chi connectivity index (χ0v) is 12.7. The highest BCUT2D eigenvalue weighted by Gasteiger charge is 2.19. The minimum atomic E-state index is -0.163. The number of benzene rings is 2. The summed E-state index contributed by atoms with van der Waals surface area (Å²) in [5, 5.41) is 0. The Kier molecular flexibility index (Phi) is 3.58. The second-order valence-electron chi connectivity index (χ2n) is 5.52. The molecule has 0 saturated heterocycles. The van der Waals surface area contributed by atoms with Crippen molar-refractivity contribution in [3.05, 3.63) is 58.0 Å². The van der Waals surface area contributed by atoms with Gasteiger partial charge in [-0.2, -0.15) is 0 Å². The summed E-state index contributed by atoms with van der Waals surface area (Å²) in [6.07, 6.45) is 1.03. The van der Waals surface area contributed by atoms with Gasteiger partial charge in [0.25, 0.3) is 0 Å². The standard InChI is InChI=1S/C16H16N4O.ClH/c17-12-2-4-15-11(8-12)5-6-20(15)9-10-1-3-13-14(7-10)19-16(21)18-13;/h1-4,7-8H,5-6,9,17H2,(H2,18,19,21);1H. The van der Waals surface area contributed by atoms with E-state index < -0.39 is 0 Å². The number of aromatic nitrogens is 2. The largest absolute Gasteiger partial charge is 0.399 e. The molecule has 0 atom stereocenters. The second kappa shape index (κ2) is 5.42. The lowest BCUT2D eigenvalue weighted by Crippen LogP contribution is -2.19. The Hall–Kier alpha value is -2.40. The molecule has 1 aliphatic heterocycles. The third kappa shape index (κ3) is 2.44. The maximum absolute atomic E-state index is 11.3. The lowest BCUT2D eigenvalue weighted by atomic mass is 10.1. The predicted octanol–water partition coefficient (Wildman–Crippen LogP) is 2.42. The van der Waals surface area contributed by atoms with Crippen molar-refractivity contribution >= 4 is 34.8 Å². The van der Waals surface area contributed by atoms with Gasteiger partial charge >= 0.3 is 5.69 Å². The third-order valence-corrected chi connectivity index (χ3v) is 4.05. The molecule has 4 rings (SSSR count). The van der Waals surface area contributed by atoms with Crippen LogP contribution < -0.4 is 16.3 Å². The average Bonchev–Trinajstić information content (AvgIpc) is 3.01. The van der Waals surface area contributed by atoms with Crippen LogP contribution in [-0.2, 0) is 13.0 Å². The van der Waals surface area contributed by atoms with Gasteiger partial charge < -0.3 is 20.6 Å². The molecule has 0 aliphatic carbocycles. The number of nitrogens with two attached hydrogens (primary N) is 1. The molecule has 6 heteroatoms. The first-order chi connectivity index (χ1) is 10.2. The number of aromatic amines is 2. The summed E-state index contributed by atoms with van der Waals surface area (Å²) in [5.41, 5.74) is 11.9. The number of anilines is 2. The number of fused-ring (bicyclic) bond motifs is 2. The Morgan fingerprint density at radius 1 is 1.09 bits per heavy atom. The number of halogens is 1. The van der Waals surface area contributed by atoms with Crippen molar-refractivity contribution in [2.24, 2.45) is 0 Å². The summed E-state index contributed by atoms with van der Waals surface area (Å²) in [5.74, 6) is 0. The summed E-state index contributed by atoms with van der Waals surface area (Å²) in [4.78, 5) is 19.2. The number of hydrogen-bond acceptors (Lipinski definition) is 3. The second-order valence-corrected chi connectivity index (χ2v) is 5.52. The Morgan fingerprint density at radius 3 is 2.77 bits per heavy atom. The van der Waals surface area contributed by atoms with Crippen molar-refractivity contribution in [1.82, 2.24) is 9.97 Å². The van der Waals surface area contributed by atoms with Crippen molar-refractivity contribution in [1.29, 1.82) is 0 Å². The summed E-state index contributed by atoms with van der Waals surface area (Å²) in [6.45, 7) is 1.83. The first kappa shape index (κ1) is 14.5. The molecule has 1 aliphatic rings. The lowest BCUT2D eigenvalue weighted by molar-refractivity contribution is 0.837.